The fraction of sp³-hybridized carbons (Fsp3) is 0.308. The number of aryl methyl sites for hydroxylation is 1. The van der Waals surface area contributed by atoms with E-state index < -0.39 is 0 Å². The third kappa shape index (κ3) is 2.64. The summed E-state index contributed by atoms with van der Waals surface area (Å²) in [4.78, 5) is 5.47. The maximum Gasteiger partial charge on any atom is 0.231 e. The average molecular weight is 278 g/mol. The third-order valence-electron chi connectivity index (χ3n) is 2.83. The van der Waals surface area contributed by atoms with Gasteiger partial charge in [0.15, 0.2) is 11.5 Å². The normalized spacial score (nSPS) is 12.9. The Hall–Kier alpha value is -1.79. The number of fused-ring (bicyclic) bond motifs is 1. The minimum atomic E-state index is 0.212. The summed E-state index contributed by atoms with van der Waals surface area (Å²) in [7, 11) is 0. The van der Waals surface area contributed by atoms with Crippen molar-refractivity contribution in [3.63, 3.8) is 0 Å². The van der Waals surface area contributed by atoms with Gasteiger partial charge in [0, 0.05) is 35.8 Å². The van der Waals surface area contributed by atoms with Crippen molar-refractivity contribution in [1.82, 2.24) is 10.3 Å². The average Bonchev–Trinajstić information content (AvgIpc) is 2.98. The molecule has 2 heterocycles. The number of hydrogen-bond donors (Lipinski definition) is 2. The van der Waals surface area contributed by atoms with Gasteiger partial charge >= 0.3 is 0 Å². The number of benzene rings is 1. The minimum absolute atomic E-state index is 0.212. The van der Waals surface area contributed by atoms with Gasteiger partial charge in [0.05, 0.1) is 0 Å². The second kappa shape index (κ2) is 5.07. The molecule has 2 N–H and O–H groups in total. The summed E-state index contributed by atoms with van der Waals surface area (Å²) < 4.78 is 10.5. The number of ether oxygens (including phenoxy) is 2. The zero-order valence-corrected chi connectivity index (χ0v) is 11.3. The SMILES string of the molecule is Cc1cnc(CNCc2cc3c(cc2O)OCO3)s1. The van der Waals surface area contributed by atoms with Crippen molar-refractivity contribution < 1.29 is 14.6 Å². The summed E-state index contributed by atoms with van der Waals surface area (Å²) in [5, 5.41) is 14.2. The van der Waals surface area contributed by atoms with Gasteiger partial charge in [0.1, 0.15) is 10.8 Å². The number of aromatic hydroxyl groups is 1. The van der Waals surface area contributed by atoms with Crippen molar-refractivity contribution in [2.24, 2.45) is 0 Å². The fourth-order valence-corrected chi connectivity index (χ4v) is 2.66. The van der Waals surface area contributed by atoms with E-state index in [-0.39, 0.29) is 12.5 Å². The van der Waals surface area contributed by atoms with Gasteiger partial charge in [-0.3, -0.25) is 0 Å². The molecule has 3 rings (SSSR count). The topological polar surface area (TPSA) is 63.6 Å². The van der Waals surface area contributed by atoms with E-state index in [2.05, 4.69) is 10.3 Å². The fourth-order valence-electron chi connectivity index (χ4n) is 1.90. The van der Waals surface area contributed by atoms with Crippen LogP contribution in [0.3, 0.4) is 0 Å². The Morgan fingerprint density at radius 1 is 1.32 bits per heavy atom. The van der Waals surface area contributed by atoms with Crippen LogP contribution in [0.1, 0.15) is 15.4 Å². The number of phenolic OH excluding ortho intramolecular Hbond substituents is 1. The summed E-state index contributed by atoms with van der Waals surface area (Å²) in [6.07, 6.45) is 1.86. The van der Waals surface area contributed by atoms with Crippen LogP contribution >= 0.6 is 11.3 Å². The Balaban J connectivity index is 1.64. The summed E-state index contributed by atoms with van der Waals surface area (Å²) in [6.45, 7) is 3.49. The molecule has 100 valence electrons. The van der Waals surface area contributed by atoms with Crippen molar-refractivity contribution in [1.29, 1.82) is 0 Å². The maximum atomic E-state index is 9.89. The van der Waals surface area contributed by atoms with E-state index in [4.69, 9.17) is 9.47 Å². The number of aromatic nitrogens is 1. The zero-order chi connectivity index (χ0) is 13.2. The lowest BCUT2D eigenvalue weighted by molar-refractivity contribution is 0.174. The molecule has 5 nitrogen and oxygen atoms in total. The molecule has 6 heteroatoms. The molecule has 1 aromatic carbocycles. The largest absolute Gasteiger partial charge is 0.507 e. The molecule has 0 spiro atoms. The molecule has 0 saturated carbocycles. The Morgan fingerprint density at radius 2 is 2.11 bits per heavy atom. The van der Waals surface area contributed by atoms with Crippen molar-refractivity contribution in [3.05, 3.63) is 33.8 Å². The van der Waals surface area contributed by atoms with Crippen LogP contribution < -0.4 is 14.8 Å². The quantitative estimate of drug-likeness (QED) is 0.897. The van der Waals surface area contributed by atoms with E-state index in [0.29, 0.717) is 24.6 Å². The summed E-state index contributed by atoms with van der Waals surface area (Å²) >= 11 is 1.67. The van der Waals surface area contributed by atoms with Crippen LogP contribution in [0.2, 0.25) is 0 Å². The van der Waals surface area contributed by atoms with E-state index in [1.807, 2.05) is 13.1 Å². The molecule has 0 amide bonds. The number of nitrogens with zero attached hydrogens (tertiary/aromatic N) is 1. The molecular weight excluding hydrogens is 264 g/mol. The molecule has 0 fully saturated rings. The molecule has 19 heavy (non-hydrogen) atoms. The molecular formula is C13H14N2O3S. The number of rotatable bonds is 4. The minimum Gasteiger partial charge on any atom is -0.507 e. The van der Waals surface area contributed by atoms with Crippen molar-refractivity contribution >= 4 is 11.3 Å². The van der Waals surface area contributed by atoms with E-state index in [1.54, 1.807) is 23.5 Å². The Morgan fingerprint density at radius 3 is 2.84 bits per heavy atom. The standard InChI is InChI=1S/C13H14N2O3S/c1-8-4-15-13(19-8)6-14-5-9-2-11-12(3-10(9)16)18-7-17-11/h2-4,14,16H,5-7H2,1H3. The lowest BCUT2D eigenvalue weighted by Gasteiger charge is -2.07. The van der Waals surface area contributed by atoms with Crippen molar-refractivity contribution in [3.8, 4) is 17.2 Å². The van der Waals surface area contributed by atoms with Crippen LogP contribution in [0, 0.1) is 6.92 Å². The number of nitrogens with one attached hydrogen (secondary N) is 1. The lowest BCUT2D eigenvalue weighted by Crippen LogP contribution is -2.12. The first-order chi connectivity index (χ1) is 9.22. The maximum absolute atomic E-state index is 9.89. The third-order valence-corrected chi connectivity index (χ3v) is 3.75. The van der Waals surface area contributed by atoms with E-state index in [0.717, 1.165) is 10.6 Å². The Labute approximate surface area is 114 Å². The molecule has 1 aromatic heterocycles. The van der Waals surface area contributed by atoms with E-state index in [1.165, 1.54) is 4.88 Å². The monoisotopic (exact) mass is 278 g/mol. The van der Waals surface area contributed by atoms with Crippen LogP contribution in [0.5, 0.6) is 17.2 Å². The molecule has 2 aromatic rings. The van der Waals surface area contributed by atoms with Crippen LogP contribution in [0.15, 0.2) is 18.3 Å². The van der Waals surface area contributed by atoms with Crippen LogP contribution in [0.25, 0.3) is 0 Å². The molecule has 0 aliphatic carbocycles. The first kappa shape index (κ1) is 12.3. The summed E-state index contributed by atoms with van der Waals surface area (Å²) in [5.41, 5.74) is 0.789. The van der Waals surface area contributed by atoms with Crippen LogP contribution in [-0.4, -0.2) is 16.9 Å². The van der Waals surface area contributed by atoms with E-state index >= 15 is 0 Å². The van der Waals surface area contributed by atoms with Gasteiger partial charge < -0.3 is 19.9 Å². The second-order valence-corrected chi connectivity index (χ2v) is 5.62. The first-order valence-electron chi connectivity index (χ1n) is 5.96. The lowest BCUT2D eigenvalue weighted by atomic mass is 10.1. The van der Waals surface area contributed by atoms with Gasteiger partial charge in [-0.25, -0.2) is 4.98 Å². The Bertz CT molecular complexity index is 598. The molecule has 0 radical (unpaired) electrons. The second-order valence-electron chi connectivity index (χ2n) is 4.30. The Kier molecular flexibility index (Phi) is 3.27. The highest BCUT2D eigenvalue weighted by molar-refractivity contribution is 7.11. The van der Waals surface area contributed by atoms with E-state index in [9.17, 15) is 5.11 Å². The predicted molar refractivity (Wildman–Crippen MR) is 71.6 cm³/mol. The molecule has 0 bridgehead atoms. The first-order valence-corrected chi connectivity index (χ1v) is 6.77. The summed E-state index contributed by atoms with van der Waals surface area (Å²) in [6, 6.07) is 3.39. The highest BCUT2D eigenvalue weighted by Crippen LogP contribution is 2.37. The van der Waals surface area contributed by atoms with Crippen LogP contribution in [-0.2, 0) is 13.1 Å². The highest BCUT2D eigenvalue weighted by atomic mass is 32.1. The molecule has 0 atom stereocenters. The highest BCUT2D eigenvalue weighted by Gasteiger charge is 2.16. The predicted octanol–water partition coefficient (Wildman–Crippen LogP) is 2.18. The zero-order valence-electron chi connectivity index (χ0n) is 10.5. The van der Waals surface area contributed by atoms with Gasteiger partial charge in [-0.15, -0.1) is 11.3 Å². The smallest absolute Gasteiger partial charge is 0.231 e. The van der Waals surface area contributed by atoms with Crippen molar-refractivity contribution in [2.45, 2.75) is 20.0 Å². The number of phenols is 1. The van der Waals surface area contributed by atoms with Gasteiger partial charge in [0.25, 0.3) is 0 Å². The van der Waals surface area contributed by atoms with Gasteiger partial charge in [-0.1, -0.05) is 0 Å². The molecule has 0 saturated heterocycles. The van der Waals surface area contributed by atoms with Crippen LogP contribution in [0.4, 0.5) is 0 Å². The van der Waals surface area contributed by atoms with Crippen molar-refractivity contribution in [2.75, 3.05) is 6.79 Å². The molecule has 1 aliphatic heterocycles. The summed E-state index contributed by atoms with van der Waals surface area (Å²) in [5.74, 6) is 1.49. The van der Waals surface area contributed by atoms with Gasteiger partial charge in [0.2, 0.25) is 6.79 Å². The number of hydrogen-bond acceptors (Lipinski definition) is 6. The molecule has 0 unspecified atom stereocenters. The van der Waals surface area contributed by atoms with Gasteiger partial charge in [-0.05, 0) is 13.0 Å². The van der Waals surface area contributed by atoms with Gasteiger partial charge in [-0.2, -0.15) is 0 Å². The molecule has 1 aliphatic rings. The number of thiazole rings is 1.